The summed E-state index contributed by atoms with van der Waals surface area (Å²) >= 11 is 5.37. The third-order valence-corrected chi connectivity index (χ3v) is 4.55. The summed E-state index contributed by atoms with van der Waals surface area (Å²) in [6.45, 7) is 6.66. The van der Waals surface area contributed by atoms with Crippen LogP contribution in [0.2, 0.25) is 0 Å². The lowest BCUT2D eigenvalue weighted by Crippen LogP contribution is -2.16. The van der Waals surface area contributed by atoms with E-state index in [1.165, 1.54) is 10.4 Å². The molecule has 1 aromatic heterocycles. The molecule has 0 unspecified atom stereocenters. The number of thiophene rings is 1. The molecule has 0 aliphatic heterocycles. The fraction of sp³-hybridized carbons (Fsp3) is 0.556. The minimum absolute atomic E-state index is 0.291. The summed E-state index contributed by atoms with van der Waals surface area (Å²) in [4.78, 5) is 1.46. The van der Waals surface area contributed by atoms with Crippen LogP contribution in [-0.4, -0.2) is 5.33 Å². The van der Waals surface area contributed by atoms with E-state index < -0.39 is 0 Å². The summed E-state index contributed by atoms with van der Waals surface area (Å²) in [6, 6.07) is 2.27. The van der Waals surface area contributed by atoms with Crippen molar-refractivity contribution in [3.8, 4) is 0 Å². The molecule has 1 rings (SSSR count). The number of halogens is 1. The van der Waals surface area contributed by atoms with Crippen molar-refractivity contribution in [3.63, 3.8) is 0 Å². The highest BCUT2D eigenvalue weighted by Gasteiger charge is 2.20. The van der Waals surface area contributed by atoms with E-state index in [2.05, 4.69) is 48.1 Å². The molecule has 0 nitrogen and oxygen atoms in total. The van der Waals surface area contributed by atoms with Crippen LogP contribution in [0.15, 0.2) is 11.4 Å². The van der Waals surface area contributed by atoms with Gasteiger partial charge in [-0.2, -0.15) is 0 Å². The number of hydrogen-bond donors (Lipinski definition) is 0. The standard InChI is InChI=1S/C9H13BrS/c1-7-4-8(11-5-7)9(2,3)6-10/h4-5H,6H2,1-3H3. The van der Waals surface area contributed by atoms with E-state index in [0.29, 0.717) is 5.41 Å². The van der Waals surface area contributed by atoms with Crippen LogP contribution < -0.4 is 0 Å². The Hall–Kier alpha value is 0.180. The molecule has 0 saturated heterocycles. The second kappa shape index (κ2) is 3.28. The number of rotatable bonds is 2. The van der Waals surface area contributed by atoms with E-state index in [-0.39, 0.29) is 0 Å². The zero-order valence-corrected chi connectivity index (χ0v) is 9.55. The average Bonchev–Trinajstić information content (AvgIpc) is 2.36. The molecule has 1 aromatic rings. The fourth-order valence-electron chi connectivity index (χ4n) is 0.852. The second-order valence-electron chi connectivity index (χ2n) is 3.51. The van der Waals surface area contributed by atoms with Crippen LogP contribution in [0.1, 0.15) is 24.3 Å². The monoisotopic (exact) mass is 232 g/mol. The predicted octanol–water partition coefficient (Wildman–Crippen LogP) is 3.73. The summed E-state index contributed by atoms with van der Waals surface area (Å²) in [6.07, 6.45) is 0. The quantitative estimate of drug-likeness (QED) is 0.683. The normalized spacial score (nSPS) is 12.0. The van der Waals surface area contributed by atoms with E-state index in [9.17, 15) is 0 Å². The molecule has 0 saturated carbocycles. The van der Waals surface area contributed by atoms with Crippen LogP contribution >= 0.6 is 27.3 Å². The summed E-state index contributed by atoms with van der Waals surface area (Å²) in [7, 11) is 0. The van der Waals surface area contributed by atoms with Crippen molar-refractivity contribution in [3.05, 3.63) is 21.9 Å². The van der Waals surface area contributed by atoms with E-state index in [1.807, 2.05) is 11.3 Å². The largest absolute Gasteiger partial charge is 0.148 e. The minimum atomic E-state index is 0.291. The lowest BCUT2D eigenvalue weighted by atomic mass is 9.94. The Morgan fingerprint density at radius 1 is 1.55 bits per heavy atom. The molecule has 0 amide bonds. The molecular formula is C9H13BrS. The third kappa shape index (κ3) is 2.06. The summed E-state index contributed by atoms with van der Waals surface area (Å²) in [5.41, 5.74) is 1.66. The summed E-state index contributed by atoms with van der Waals surface area (Å²) in [5, 5.41) is 3.24. The Balaban J connectivity index is 2.92. The molecule has 62 valence electrons. The molecule has 0 fully saturated rings. The first kappa shape index (κ1) is 9.27. The van der Waals surface area contributed by atoms with Gasteiger partial charge in [-0.3, -0.25) is 0 Å². The molecule has 0 bridgehead atoms. The van der Waals surface area contributed by atoms with Gasteiger partial charge in [0.1, 0.15) is 0 Å². The maximum absolute atomic E-state index is 3.52. The van der Waals surface area contributed by atoms with Gasteiger partial charge in [0.05, 0.1) is 0 Å². The second-order valence-corrected chi connectivity index (χ2v) is 4.98. The van der Waals surface area contributed by atoms with E-state index in [1.54, 1.807) is 0 Å². The first-order valence-corrected chi connectivity index (χ1v) is 5.68. The smallest absolute Gasteiger partial charge is 0.0131 e. The Kier molecular flexibility index (Phi) is 2.76. The highest BCUT2D eigenvalue weighted by atomic mass is 79.9. The molecule has 0 aromatic carbocycles. The van der Waals surface area contributed by atoms with Gasteiger partial charge in [-0.05, 0) is 23.9 Å². The van der Waals surface area contributed by atoms with Gasteiger partial charge in [0.15, 0.2) is 0 Å². The Morgan fingerprint density at radius 2 is 2.18 bits per heavy atom. The van der Waals surface area contributed by atoms with Crippen LogP contribution in [0, 0.1) is 6.92 Å². The summed E-state index contributed by atoms with van der Waals surface area (Å²) in [5.74, 6) is 0. The zero-order valence-electron chi connectivity index (χ0n) is 7.15. The molecule has 11 heavy (non-hydrogen) atoms. The maximum atomic E-state index is 3.52. The van der Waals surface area contributed by atoms with Crippen molar-refractivity contribution in [2.75, 3.05) is 5.33 Å². The number of hydrogen-bond acceptors (Lipinski definition) is 1. The van der Waals surface area contributed by atoms with Gasteiger partial charge in [-0.1, -0.05) is 29.8 Å². The first-order valence-electron chi connectivity index (χ1n) is 3.68. The van der Waals surface area contributed by atoms with Gasteiger partial charge in [-0.25, -0.2) is 0 Å². The Labute approximate surface area is 80.8 Å². The SMILES string of the molecule is Cc1csc(C(C)(C)CBr)c1. The minimum Gasteiger partial charge on any atom is -0.148 e. The molecule has 1 heterocycles. The van der Waals surface area contributed by atoms with Crippen molar-refractivity contribution in [1.82, 2.24) is 0 Å². The van der Waals surface area contributed by atoms with Gasteiger partial charge in [0, 0.05) is 15.6 Å². The van der Waals surface area contributed by atoms with Gasteiger partial charge >= 0.3 is 0 Å². The molecule has 0 N–H and O–H groups in total. The van der Waals surface area contributed by atoms with Crippen molar-refractivity contribution in [2.45, 2.75) is 26.2 Å². The summed E-state index contributed by atoms with van der Waals surface area (Å²) < 4.78 is 0. The van der Waals surface area contributed by atoms with Crippen LogP contribution in [-0.2, 0) is 5.41 Å². The van der Waals surface area contributed by atoms with Crippen LogP contribution in [0.25, 0.3) is 0 Å². The van der Waals surface area contributed by atoms with Crippen LogP contribution in [0.3, 0.4) is 0 Å². The van der Waals surface area contributed by atoms with Gasteiger partial charge < -0.3 is 0 Å². The fourth-order valence-corrected chi connectivity index (χ4v) is 2.37. The van der Waals surface area contributed by atoms with Gasteiger partial charge in [0.25, 0.3) is 0 Å². The molecule has 0 aliphatic rings. The molecule has 0 spiro atoms. The first-order chi connectivity index (χ1) is 5.06. The Morgan fingerprint density at radius 3 is 2.55 bits per heavy atom. The topological polar surface area (TPSA) is 0 Å². The highest BCUT2D eigenvalue weighted by Crippen LogP contribution is 2.30. The van der Waals surface area contributed by atoms with E-state index in [4.69, 9.17) is 0 Å². The molecule has 0 atom stereocenters. The Bertz CT molecular complexity index is 237. The van der Waals surface area contributed by atoms with Crippen molar-refractivity contribution in [2.24, 2.45) is 0 Å². The zero-order chi connectivity index (χ0) is 8.48. The van der Waals surface area contributed by atoms with Crippen LogP contribution in [0.5, 0.6) is 0 Å². The third-order valence-electron chi connectivity index (χ3n) is 1.73. The predicted molar refractivity (Wildman–Crippen MR) is 55.9 cm³/mol. The highest BCUT2D eigenvalue weighted by molar-refractivity contribution is 9.09. The van der Waals surface area contributed by atoms with E-state index in [0.717, 1.165) is 5.33 Å². The lowest BCUT2D eigenvalue weighted by Gasteiger charge is -2.19. The average molecular weight is 233 g/mol. The van der Waals surface area contributed by atoms with Crippen molar-refractivity contribution >= 4 is 27.3 Å². The van der Waals surface area contributed by atoms with E-state index >= 15 is 0 Å². The van der Waals surface area contributed by atoms with Crippen molar-refractivity contribution in [1.29, 1.82) is 0 Å². The molecule has 0 radical (unpaired) electrons. The van der Waals surface area contributed by atoms with Crippen molar-refractivity contribution < 1.29 is 0 Å². The van der Waals surface area contributed by atoms with Gasteiger partial charge in [0.2, 0.25) is 0 Å². The number of aryl methyl sites for hydroxylation is 1. The van der Waals surface area contributed by atoms with Gasteiger partial charge in [-0.15, -0.1) is 11.3 Å². The molecule has 0 aliphatic carbocycles. The number of alkyl halides is 1. The van der Waals surface area contributed by atoms with Crippen LogP contribution in [0.4, 0.5) is 0 Å². The molecular weight excluding hydrogens is 220 g/mol. The lowest BCUT2D eigenvalue weighted by molar-refractivity contribution is 0.620. The molecule has 2 heteroatoms. The maximum Gasteiger partial charge on any atom is 0.0131 e.